The number of fused-ring (bicyclic) bond motifs is 1. The lowest BCUT2D eigenvalue weighted by atomic mass is 10.1. The van der Waals surface area contributed by atoms with Crippen LogP contribution in [-0.2, 0) is 13.0 Å². The summed E-state index contributed by atoms with van der Waals surface area (Å²) in [4.78, 5) is 25.9. The van der Waals surface area contributed by atoms with Gasteiger partial charge in [-0.3, -0.25) is 4.79 Å². The van der Waals surface area contributed by atoms with Crippen LogP contribution in [0.4, 0.5) is 31.9 Å². The molecule has 0 amide bonds. The van der Waals surface area contributed by atoms with Crippen LogP contribution in [0.1, 0.15) is 11.3 Å². The van der Waals surface area contributed by atoms with E-state index in [4.69, 9.17) is 11.6 Å². The molecule has 0 aliphatic carbocycles. The fraction of sp³-hybridized carbons (Fsp3) is 0.250. The van der Waals surface area contributed by atoms with Crippen LogP contribution >= 0.6 is 11.6 Å². The summed E-state index contributed by atoms with van der Waals surface area (Å²) in [5.74, 6) is 0.226. The molecule has 3 heterocycles. The van der Waals surface area contributed by atoms with Crippen molar-refractivity contribution < 1.29 is 13.5 Å². The molecule has 4 rings (SSSR count). The van der Waals surface area contributed by atoms with Gasteiger partial charge in [-0.1, -0.05) is 23.7 Å². The van der Waals surface area contributed by atoms with Gasteiger partial charge in [0.05, 0.1) is 11.9 Å². The molecule has 11 heteroatoms. The van der Waals surface area contributed by atoms with Gasteiger partial charge in [-0.25, -0.2) is 4.98 Å². The Morgan fingerprint density at radius 1 is 1.26 bits per heavy atom. The summed E-state index contributed by atoms with van der Waals surface area (Å²) in [6.07, 6.45) is 2.11. The third kappa shape index (κ3) is 4.92. The van der Waals surface area contributed by atoms with Crippen molar-refractivity contribution in [3.05, 3.63) is 63.2 Å². The van der Waals surface area contributed by atoms with Gasteiger partial charge < -0.3 is 25.3 Å². The number of anilines is 4. The predicted octanol–water partition coefficient (Wildman–Crippen LogP) is 3.89. The molecule has 0 fully saturated rings. The second kappa shape index (κ2) is 8.86. The van der Waals surface area contributed by atoms with E-state index in [1.165, 1.54) is 12.3 Å². The number of nitrogens with one attached hydrogen (secondary N) is 3. The van der Waals surface area contributed by atoms with E-state index in [1.807, 2.05) is 7.05 Å². The predicted molar refractivity (Wildman–Crippen MR) is 114 cm³/mol. The molecule has 31 heavy (non-hydrogen) atoms. The molecule has 1 aromatic carbocycles. The Morgan fingerprint density at radius 3 is 2.87 bits per heavy atom. The highest BCUT2D eigenvalue weighted by molar-refractivity contribution is 6.32. The van der Waals surface area contributed by atoms with Crippen LogP contribution in [0.3, 0.4) is 0 Å². The molecule has 0 spiro atoms. The monoisotopic (exact) mass is 448 g/mol. The van der Waals surface area contributed by atoms with Crippen molar-refractivity contribution in [1.29, 1.82) is 0 Å². The van der Waals surface area contributed by atoms with E-state index in [9.17, 15) is 13.6 Å². The van der Waals surface area contributed by atoms with Crippen molar-refractivity contribution in [1.82, 2.24) is 19.9 Å². The largest absolute Gasteiger partial charge is 0.433 e. The average molecular weight is 449 g/mol. The molecule has 3 aromatic rings. The number of likely N-dealkylation sites (N-methyl/N-ethyl adjacent to an activating group) is 1. The smallest absolute Gasteiger partial charge is 0.387 e. The molecular weight excluding hydrogens is 430 g/mol. The number of benzene rings is 1. The van der Waals surface area contributed by atoms with E-state index in [0.29, 0.717) is 5.69 Å². The van der Waals surface area contributed by atoms with E-state index in [-0.39, 0.29) is 33.8 Å². The molecular formula is C20H19ClF2N6O2. The second-order valence-electron chi connectivity index (χ2n) is 7.02. The number of ether oxygens (including phenoxy) is 1. The summed E-state index contributed by atoms with van der Waals surface area (Å²) >= 11 is 6.17. The number of hydrogen-bond donors (Lipinski definition) is 3. The Bertz CT molecular complexity index is 1160. The number of nitrogens with zero attached hydrogens (tertiary/aromatic N) is 3. The van der Waals surface area contributed by atoms with Crippen LogP contribution in [0, 0.1) is 0 Å². The minimum absolute atomic E-state index is 0.0584. The van der Waals surface area contributed by atoms with Crippen molar-refractivity contribution in [3.63, 3.8) is 0 Å². The molecule has 1 aliphatic rings. The highest BCUT2D eigenvalue weighted by Crippen LogP contribution is 2.31. The lowest BCUT2D eigenvalue weighted by Gasteiger charge is -2.24. The van der Waals surface area contributed by atoms with E-state index in [1.54, 1.807) is 24.3 Å². The van der Waals surface area contributed by atoms with E-state index in [0.717, 1.165) is 30.8 Å². The first kappa shape index (κ1) is 21.0. The van der Waals surface area contributed by atoms with Crippen molar-refractivity contribution in [2.24, 2.45) is 0 Å². The van der Waals surface area contributed by atoms with Gasteiger partial charge in [0.2, 0.25) is 5.95 Å². The number of halogens is 3. The van der Waals surface area contributed by atoms with Gasteiger partial charge >= 0.3 is 6.61 Å². The third-order valence-electron chi connectivity index (χ3n) is 4.75. The summed E-state index contributed by atoms with van der Waals surface area (Å²) in [6, 6.07) is 7.94. The summed E-state index contributed by atoms with van der Waals surface area (Å²) in [6.45, 7) is -1.38. The van der Waals surface area contributed by atoms with Crippen molar-refractivity contribution in [3.8, 4) is 5.75 Å². The first-order chi connectivity index (χ1) is 14.9. The van der Waals surface area contributed by atoms with Crippen LogP contribution in [0.2, 0.25) is 5.02 Å². The summed E-state index contributed by atoms with van der Waals surface area (Å²) < 4.78 is 29.8. The van der Waals surface area contributed by atoms with Gasteiger partial charge in [0.1, 0.15) is 16.5 Å². The highest BCUT2D eigenvalue weighted by Gasteiger charge is 2.17. The lowest BCUT2D eigenvalue weighted by molar-refractivity contribution is -0.0493. The van der Waals surface area contributed by atoms with Gasteiger partial charge in [-0.15, -0.1) is 0 Å². The number of alkyl halides is 2. The zero-order valence-corrected chi connectivity index (χ0v) is 17.2. The molecule has 2 aromatic heterocycles. The Kier molecular flexibility index (Phi) is 6.01. The maximum atomic E-state index is 12.7. The number of H-pyrrole nitrogens is 1. The highest BCUT2D eigenvalue weighted by atomic mass is 35.5. The maximum Gasteiger partial charge on any atom is 0.387 e. The molecule has 0 bridgehead atoms. The molecule has 3 N–H and O–H groups in total. The molecule has 0 unspecified atom stereocenters. The quantitative estimate of drug-likeness (QED) is 0.526. The van der Waals surface area contributed by atoms with Gasteiger partial charge in [0.15, 0.2) is 5.82 Å². The van der Waals surface area contributed by atoms with Gasteiger partial charge in [0, 0.05) is 25.2 Å². The summed E-state index contributed by atoms with van der Waals surface area (Å²) in [7, 11) is 2.01. The normalized spacial score (nSPS) is 13.7. The van der Waals surface area contributed by atoms with Crippen LogP contribution in [0.5, 0.6) is 5.75 Å². The van der Waals surface area contributed by atoms with Crippen LogP contribution in [0.15, 0.2) is 41.3 Å². The fourth-order valence-electron chi connectivity index (χ4n) is 3.27. The third-order valence-corrected chi connectivity index (χ3v) is 5.02. The Morgan fingerprint density at radius 2 is 2.06 bits per heavy atom. The van der Waals surface area contributed by atoms with Crippen molar-refractivity contribution >= 4 is 34.7 Å². The minimum Gasteiger partial charge on any atom is -0.433 e. The summed E-state index contributed by atoms with van der Waals surface area (Å²) in [5, 5.41) is 5.94. The Balaban J connectivity index is 1.60. The van der Waals surface area contributed by atoms with E-state index in [2.05, 4.69) is 35.2 Å². The van der Waals surface area contributed by atoms with E-state index < -0.39 is 6.61 Å². The molecule has 0 radical (unpaired) electrons. The molecule has 0 atom stereocenters. The Labute approximate surface area is 181 Å². The number of pyridine rings is 1. The second-order valence-corrected chi connectivity index (χ2v) is 7.43. The van der Waals surface area contributed by atoms with Gasteiger partial charge in [-0.05, 0) is 30.8 Å². The minimum atomic E-state index is -2.98. The molecule has 1 aliphatic heterocycles. The maximum absolute atomic E-state index is 12.7. The molecule has 0 saturated heterocycles. The van der Waals surface area contributed by atoms with Gasteiger partial charge in [0.25, 0.3) is 5.56 Å². The average Bonchev–Trinajstić information content (AvgIpc) is 2.72. The van der Waals surface area contributed by atoms with Crippen molar-refractivity contribution in [2.45, 2.75) is 19.6 Å². The molecule has 0 saturated carbocycles. The standard InChI is InChI=1S/C20H19ClF2N6O2/c1-29-7-6-13-11(10-29)8-15(18(30)26-13)27-20-24-9-12(21)17(28-20)25-14-4-2-3-5-16(14)31-19(22)23/h2-5,8-9,19H,6-7,10H2,1H3,(H,26,30)(H2,24,25,27,28). The van der Waals surface area contributed by atoms with Crippen molar-refractivity contribution in [2.75, 3.05) is 24.2 Å². The molecule has 8 nitrogen and oxygen atoms in total. The zero-order valence-electron chi connectivity index (χ0n) is 16.5. The number of aromatic nitrogens is 3. The fourth-order valence-corrected chi connectivity index (χ4v) is 3.41. The number of rotatable bonds is 6. The first-order valence-corrected chi connectivity index (χ1v) is 9.81. The Hall–Kier alpha value is -3.24. The first-order valence-electron chi connectivity index (χ1n) is 9.43. The molecule has 162 valence electrons. The van der Waals surface area contributed by atoms with Crippen LogP contribution < -0.4 is 20.9 Å². The number of para-hydroxylation sites is 2. The SMILES string of the molecule is CN1CCc2[nH]c(=O)c(Nc3ncc(Cl)c(Nc4ccccc4OC(F)F)n3)cc2C1. The summed E-state index contributed by atoms with van der Waals surface area (Å²) in [5.41, 5.74) is 2.20. The van der Waals surface area contributed by atoms with E-state index >= 15 is 0 Å². The number of aromatic amines is 1. The van der Waals surface area contributed by atoms with Crippen LogP contribution in [-0.4, -0.2) is 40.1 Å². The van der Waals surface area contributed by atoms with Gasteiger partial charge in [-0.2, -0.15) is 13.8 Å². The topological polar surface area (TPSA) is 95.2 Å². The lowest BCUT2D eigenvalue weighted by Crippen LogP contribution is -2.29. The number of hydrogen-bond acceptors (Lipinski definition) is 7. The van der Waals surface area contributed by atoms with Crippen LogP contribution in [0.25, 0.3) is 0 Å². The zero-order chi connectivity index (χ0) is 22.0.